The average Bonchev–Trinajstić information content (AvgIpc) is 2.65. The van der Waals surface area contributed by atoms with E-state index in [4.69, 9.17) is 0 Å². The Bertz CT molecular complexity index is 700. The highest BCUT2D eigenvalue weighted by atomic mass is 32.2. The van der Waals surface area contributed by atoms with Gasteiger partial charge in [-0.05, 0) is 30.9 Å². The molecule has 2 aliphatic rings. The third-order valence-electron chi connectivity index (χ3n) is 5.54. The standard InChI is InChI=1S/C19H29N3O3S/c1-16-7-5-6-10-18(16)20-19(23)15-21-11-13-22(14-12-21)26(24,25)17-8-3-2-4-9-17/h2-4,8-9,16,18H,5-7,10-15H2,1H3,(H,20,23). The molecule has 6 nitrogen and oxygen atoms in total. The summed E-state index contributed by atoms with van der Waals surface area (Å²) in [5.74, 6) is 0.601. The predicted octanol–water partition coefficient (Wildman–Crippen LogP) is 1.69. The van der Waals surface area contributed by atoms with Gasteiger partial charge in [0.15, 0.2) is 0 Å². The topological polar surface area (TPSA) is 69.7 Å². The van der Waals surface area contributed by atoms with Crippen molar-refractivity contribution in [2.24, 2.45) is 5.92 Å². The molecule has 1 aliphatic carbocycles. The lowest BCUT2D eigenvalue weighted by molar-refractivity contribution is -0.123. The van der Waals surface area contributed by atoms with E-state index < -0.39 is 10.0 Å². The molecular formula is C19H29N3O3S. The van der Waals surface area contributed by atoms with Gasteiger partial charge in [-0.25, -0.2) is 8.42 Å². The summed E-state index contributed by atoms with van der Waals surface area (Å²) in [5, 5.41) is 3.17. The zero-order chi connectivity index (χ0) is 18.6. The minimum atomic E-state index is -3.44. The summed E-state index contributed by atoms with van der Waals surface area (Å²) >= 11 is 0. The van der Waals surface area contributed by atoms with E-state index in [1.807, 2.05) is 11.0 Å². The molecule has 0 spiro atoms. The highest BCUT2D eigenvalue weighted by Crippen LogP contribution is 2.23. The summed E-state index contributed by atoms with van der Waals surface area (Å²) in [6.45, 7) is 4.56. The summed E-state index contributed by atoms with van der Waals surface area (Å²) in [5.41, 5.74) is 0. The Hall–Kier alpha value is -1.44. The molecule has 0 aromatic heterocycles. The number of rotatable bonds is 5. The van der Waals surface area contributed by atoms with Gasteiger partial charge in [0.2, 0.25) is 15.9 Å². The Labute approximate surface area is 156 Å². The van der Waals surface area contributed by atoms with Crippen LogP contribution in [0.2, 0.25) is 0 Å². The maximum absolute atomic E-state index is 12.6. The van der Waals surface area contributed by atoms with Crippen LogP contribution < -0.4 is 5.32 Å². The van der Waals surface area contributed by atoms with Gasteiger partial charge >= 0.3 is 0 Å². The quantitative estimate of drug-likeness (QED) is 0.845. The minimum Gasteiger partial charge on any atom is -0.352 e. The molecule has 1 aromatic carbocycles. The van der Waals surface area contributed by atoms with E-state index in [2.05, 4.69) is 12.2 Å². The Kier molecular flexibility index (Phi) is 6.32. The number of nitrogens with one attached hydrogen (secondary N) is 1. The van der Waals surface area contributed by atoms with Crippen molar-refractivity contribution >= 4 is 15.9 Å². The molecule has 1 saturated heterocycles. The van der Waals surface area contributed by atoms with E-state index in [-0.39, 0.29) is 11.9 Å². The van der Waals surface area contributed by atoms with Crippen molar-refractivity contribution in [3.63, 3.8) is 0 Å². The number of nitrogens with zero attached hydrogens (tertiary/aromatic N) is 2. The van der Waals surface area contributed by atoms with Crippen LogP contribution in [0.5, 0.6) is 0 Å². The first kappa shape index (κ1) is 19.3. The minimum absolute atomic E-state index is 0.0584. The number of amides is 1. The normalized spacial score (nSPS) is 25.7. The second-order valence-electron chi connectivity index (χ2n) is 7.43. The SMILES string of the molecule is CC1CCCCC1NC(=O)CN1CCN(S(=O)(=O)c2ccccc2)CC1. The second-order valence-corrected chi connectivity index (χ2v) is 9.37. The van der Waals surface area contributed by atoms with Crippen molar-refractivity contribution in [3.8, 4) is 0 Å². The van der Waals surface area contributed by atoms with Crippen molar-refractivity contribution in [1.82, 2.24) is 14.5 Å². The molecule has 0 radical (unpaired) electrons. The number of hydrogen-bond donors (Lipinski definition) is 1. The lowest BCUT2D eigenvalue weighted by Crippen LogP contribution is -2.52. The molecule has 1 saturated carbocycles. The summed E-state index contributed by atoms with van der Waals surface area (Å²) in [6.07, 6.45) is 4.69. The molecule has 1 aliphatic heterocycles. The Morgan fingerprint density at radius 1 is 1.08 bits per heavy atom. The van der Waals surface area contributed by atoms with E-state index >= 15 is 0 Å². The molecule has 144 valence electrons. The van der Waals surface area contributed by atoms with Crippen LogP contribution in [-0.2, 0) is 14.8 Å². The molecule has 26 heavy (non-hydrogen) atoms. The lowest BCUT2D eigenvalue weighted by Gasteiger charge is -2.34. The molecule has 0 bridgehead atoms. The fourth-order valence-corrected chi connectivity index (χ4v) is 5.30. The zero-order valence-corrected chi connectivity index (χ0v) is 16.2. The van der Waals surface area contributed by atoms with Gasteiger partial charge < -0.3 is 5.32 Å². The third-order valence-corrected chi connectivity index (χ3v) is 7.45. The molecule has 1 N–H and O–H groups in total. The van der Waals surface area contributed by atoms with Crippen molar-refractivity contribution in [2.45, 2.75) is 43.5 Å². The fourth-order valence-electron chi connectivity index (χ4n) is 3.86. The number of hydrogen-bond acceptors (Lipinski definition) is 4. The first-order valence-corrected chi connectivity index (χ1v) is 11.0. The van der Waals surface area contributed by atoms with Gasteiger partial charge in [-0.15, -0.1) is 0 Å². The van der Waals surface area contributed by atoms with Crippen LogP contribution >= 0.6 is 0 Å². The Balaban J connectivity index is 1.48. The molecule has 1 amide bonds. The highest BCUT2D eigenvalue weighted by molar-refractivity contribution is 7.89. The smallest absolute Gasteiger partial charge is 0.243 e. The zero-order valence-electron chi connectivity index (χ0n) is 15.4. The van der Waals surface area contributed by atoms with Crippen molar-refractivity contribution in [1.29, 1.82) is 0 Å². The van der Waals surface area contributed by atoms with Gasteiger partial charge in [0.05, 0.1) is 11.4 Å². The summed E-state index contributed by atoms with van der Waals surface area (Å²) in [6, 6.07) is 8.82. The van der Waals surface area contributed by atoms with Crippen LogP contribution in [0.4, 0.5) is 0 Å². The maximum atomic E-state index is 12.6. The van der Waals surface area contributed by atoms with Gasteiger partial charge in [-0.3, -0.25) is 9.69 Å². The predicted molar refractivity (Wildman–Crippen MR) is 101 cm³/mol. The van der Waals surface area contributed by atoms with Gasteiger partial charge in [0.25, 0.3) is 0 Å². The first-order chi connectivity index (χ1) is 12.5. The van der Waals surface area contributed by atoms with E-state index in [1.165, 1.54) is 23.6 Å². The van der Waals surface area contributed by atoms with Crippen LogP contribution in [0, 0.1) is 5.92 Å². The van der Waals surface area contributed by atoms with Crippen LogP contribution in [-0.4, -0.2) is 62.3 Å². The van der Waals surface area contributed by atoms with Gasteiger partial charge in [0, 0.05) is 32.2 Å². The number of sulfonamides is 1. The third kappa shape index (κ3) is 4.64. The highest BCUT2D eigenvalue weighted by Gasteiger charge is 2.29. The molecule has 7 heteroatoms. The van der Waals surface area contributed by atoms with E-state index in [0.717, 1.165) is 6.42 Å². The molecule has 1 aromatic rings. The van der Waals surface area contributed by atoms with Crippen LogP contribution in [0.3, 0.4) is 0 Å². The summed E-state index contributed by atoms with van der Waals surface area (Å²) in [4.78, 5) is 14.7. The van der Waals surface area contributed by atoms with Crippen molar-refractivity contribution < 1.29 is 13.2 Å². The summed E-state index contributed by atoms with van der Waals surface area (Å²) < 4.78 is 26.8. The molecule has 2 fully saturated rings. The first-order valence-electron chi connectivity index (χ1n) is 9.54. The molecule has 2 atom stereocenters. The number of piperazine rings is 1. The number of carbonyl (C=O) groups excluding carboxylic acids is 1. The lowest BCUT2D eigenvalue weighted by atomic mass is 9.86. The van der Waals surface area contributed by atoms with Gasteiger partial charge in [-0.1, -0.05) is 38.0 Å². The largest absolute Gasteiger partial charge is 0.352 e. The Morgan fingerprint density at radius 3 is 2.38 bits per heavy atom. The molecule has 2 unspecified atom stereocenters. The van der Waals surface area contributed by atoms with Crippen LogP contribution in [0.1, 0.15) is 32.6 Å². The van der Waals surface area contributed by atoms with Gasteiger partial charge in [-0.2, -0.15) is 4.31 Å². The summed E-state index contributed by atoms with van der Waals surface area (Å²) in [7, 11) is -3.44. The molecule has 3 rings (SSSR count). The maximum Gasteiger partial charge on any atom is 0.243 e. The average molecular weight is 380 g/mol. The number of carbonyl (C=O) groups is 1. The van der Waals surface area contributed by atoms with Crippen molar-refractivity contribution in [3.05, 3.63) is 30.3 Å². The van der Waals surface area contributed by atoms with E-state index in [0.29, 0.717) is 43.5 Å². The number of benzene rings is 1. The van der Waals surface area contributed by atoms with E-state index in [9.17, 15) is 13.2 Å². The van der Waals surface area contributed by atoms with Crippen LogP contribution in [0.15, 0.2) is 35.2 Å². The van der Waals surface area contributed by atoms with Crippen molar-refractivity contribution in [2.75, 3.05) is 32.7 Å². The fraction of sp³-hybridized carbons (Fsp3) is 0.632. The molecule has 1 heterocycles. The van der Waals surface area contributed by atoms with E-state index in [1.54, 1.807) is 24.3 Å². The Morgan fingerprint density at radius 2 is 1.73 bits per heavy atom. The van der Waals surface area contributed by atoms with Crippen LogP contribution in [0.25, 0.3) is 0 Å². The second kappa shape index (κ2) is 8.50. The monoisotopic (exact) mass is 379 g/mol. The molecular weight excluding hydrogens is 350 g/mol. The van der Waals surface area contributed by atoms with Gasteiger partial charge in [0.1, 0.15) is 0 Å².